The average molecular weight is 261 g/mol. The smallest absolute Gasteiger partial charge is 0.192 e. The summed E-state index contributed by atoms with van der Waals surface area (Å²) in [6, 6.07) is 6.27. The second-order valence-corrected chi connectivity index (χ2v) is 5.08. The molecule has 0 atom stereocenters. The van der Waals surface area contributed by atoms with Gasteiger partial charge in [-0.15, -0.1) is 0 Å². The van der Waals surface area contributed by atoms with Gasteiger partial charge in [0.15, 0.2) is 11.5 Å². The second-order valence-electron chi connectivity index (χ2n) is 5.08. The first kappa shape index (κ1) is 14.0. The first-order valence-corrected chi connectivity index (χ1v) is 6.88. The summed E-state index contributed by atoms with van der Waals surface area (Å²) in [7, 11) is 4.16. The Morgan fingerprint density at radius 3 is 2.95 bits per heavy atom. The standard InChI is InChI=1S/C15H23N3O/c1-12-17-14-7-6-13(10-15(14)19-12)11-18(3)9-5-4-8-16-2/h6-7,10,16H,4-5,8-9,11H2,1-3H3. The van der Waals surface area contributed by atoms with E-state index >= 15 is 0 Å². The van der Waals surface area contributed by atoms with E-state index in [1.807, 2.05) is 20.0 Å². The zero-order valence-electron chi connectivity index (χ0n) is 12.1. The molecule has 4 nitrogen and oxygen atoms in total. The van der Waals surface area contributed by atoms with Crippen LogP contribution in [0.15, 0.2) is 22.6 Å². The molecule has 104 valence electrons. The van der Waals surface area contributed by atoms with Crippen molar-refractivity contribution < 1.29 is 4.42 Å². The van der Waals surface area contributed by atoms with Gasteiger partial charge in [0.25, 0.3) is 0 Å². The molecular formula is C15H23N3O. The minimum Gasteiger partial charge on any atom is -0.441 e. The molecule has 1 aromatic heterocycles. The molecule has 0 spiro atoms. The third kappa shape index (κ3) is 4.04. The molecule has 4 heteroatoms. The maximum absolute atomic E-state index is 5.57. The molecule has 0 aliphatic heterocycles. The molecule has 2 aromatic rings. The predicted octanol–water partition coefficient (Wildman–Crippen LogP) is 2.57. The fraction of sp³-hybridized carbons (Fsp3) is 0.533. The Balaban J connectivity index is 1.89. The van der Waals surface area contributed by atoms with E-state index in [0.717, 1.165) is 36.6 Å². The van der Waals surface area contributed by atoms with Gasteiger partial charge in [0.1, 0.15) is 5.52 Å². The minimum absolute atomic E-state index is 0.729. The molecule has 1 aromatic carbocycles. The number of unbranched alkanes of at least 4 members (excludes halogenated alkanes) is 1. The van der Waals surface area contributed by atoms with Crippen molar-refractivity contribution in [2.45, 2.75) is 26.3 Å². The van der Waals surface area contributed by atoms with Crippen molar-refractivity contribution in [1.82, 2.24) is 15.2 Å². The lowest BCUT2D eigenvalue weighted by molar-refractivity contribution is 0.318. The number of benzene rings is 1. The lowest BCUT2D eigenvalue weighted by Crippen LogP contribution is -2.20. The highest BCUT2D eigenvalue weighted by atomic mass is 16.3. The lowest BCUT2D eigenvalue weighted by Gasteiger charge is -2.16. The van der Waals surface area contributed by atoms with Crippen molar-refractivity contribution in [2.75, 3.05) is 27.2 Å². The molecule has 0 aliphatic carbocycles. The molecule has 0 saturated heterocycles. The van der Waals surface area contributed by atoms with Crippen LogP contribution >= 0.6 is 0 Å². The Kier molecular flexibility index (Phi) is 4.93. The molecule has 0 radical (unpaired) electrons. The van der Waals surface area contributed by atoms with Crippen molar-refractivity contribution in [3.8, 4) is 0 Å². The molecule has 0 bridgehead atoms. The van der Waals surface area contributed by atoms with E-state index < -0.39 is 0 Å². The molecule has 0 fully saturated rings. The number of nitrogens with one attached hydrogen (secondary N) is 1. The Labute approximate surface area is 114 Å². The van der Waals surface area contributed by atoms with E-state index in [1.54, 1.807) is 0 Å². The van der Waals surface area contributed by atoms with Gasteiger partial charge in [-0.05, 0) is 57.7 Å². The maximum atomic E-state index is 5.57. The lowest BCUT2D eigenvalue weighted by atomic mass is 10.2. The van der Waals surface area contributed by atoms with Crippen LogP contribution in [0.1, 0.15) is 24.3 Å². The first-order valence-electron chi connectivity index (χ1n) is 6.88. The number of hydrogen-bond acceptors (Lipinski definition) is 4. The highest BCUT2D eigenvalue weighted by Gasteiger charge is 2.05. The van der Waals surface area contributed by atoms with Gasteiger partial charge in [-0.25, -0.2) is 4.98 Å². The zero-order valence-corrected chi connectivity index (χ0v) is 12.1. The van der Waals surface area contributed by atoms with Crippen LogP contribution in [0.2, 0.25) is 0 Å². The fourth-order valence-electron chi connectivity index (χ4n) is 2.26. The van der Waals surface area contributed by atoms with Gasteiger partial charge in [0.2, 0.25) is 0 Å². The topological polar surface area (TPSA) is 41.3 Å². The van der Waals surface area contributed by atoms with Gasteiger partial charge in [0, 0.05) is 13.5 Å². The van der Waals surface area contributed by atoms with Crippen LogP contribution in [0.4, 0.5) is 0 Å². The summed E-state index contributed by atoms with van der Waals surface area (Å²) in [6.07, 6.45) is 2.45. The molecular weight excluding hydrogens is 238 g/mol. The summed E-state index contributed by atoms with van der Waals surface area (Å²) in [5.41, 5.74) is 3.11. The molecule has 1 heterocycles. The van der Waals surface area contributed by atoms with Crippen molar-refractivity contribution in [1.29, 1.82) is 0 Å². The Hall–Kier alpha value is -1.39. The third-order valence-corrected chi connectivity index (χ3v) is 3.23. The van der Waals surface area contributed by atoms with Crippen LogP contribution in [0.25, 0.3) is 11.1 Å². The summed E-state index contributed by atoms with van der Waals surface area (Å²) in [5.74, 6) is 0.729. The molecule has 2 rings (SSSR count). The number of oxazole rings is 1. The Morgan fingerprint density at radius 2 is 2.16 bits per heavy atom. The minimum atomic E-state index is 0.729. The van der Waals surface area contributed by atoms with E-state index in [2.05, 4.69) is 34.4 Å². The van der Waals surface area contributed by atoms with Crippen LogP contribution in [0, 0.1) is 6.92 Å². The third-order valence-electron chi connectivity index (χ3n) is 3.23. The van der Waals surface area contributed by atoms with E-state index in [1.165, 1.54) is 18.4 Å². The number of nitrogens with zero attached hydrogens (tertiary/aromatic N) is 2. The Bertz CT molecular complexity index is 521. The number of rotatable bonds is 7. The van der Waals surface area contributed by atoms with Crippen LogP contribution in [-0.4, -0.2) is 37.1 Å². The summed E-state index contributed by atoms with van der Waals surface area (Å²) in [5, 5.41) is 3.18. The monoisotopic (exact) mass is 261 g/mol. The van der Waals surface area contributed by atoms with Crippen molar-refractivity contribution >= 4 is 11.1 Å². The van der Waals surface area contributed by atoms with Crippen molar-refractivity contribution in [2.24, 2.45) is 0 Å². The van der Waals surface area contributed by atoms with Crippen LogP contribution < -0.4 is 5.32 Å². The zero-order chi connectivity index (χ0) is 13.7. The van der Waals surface area contributed by atoms with Gasteiger partial charge in [0.05, 0.1) is 0 Å². The number of hydrogen-bond donors (Lipinski definition) is 1. The molecule has 0 aliphatic rings. The summed E-state index contributed by atoms with van der Waals surface area (Å²) >= 11 is 0. The van der Waals surface area contributed by atoms with E-state index in [4.69, 9.17) is 4.42 Å². The van der Waals surface area contributed by atoms with E-state index in [0.29, 0.717) is 0 Å². The number of fused-ring (bicyclic) bond motifs is 1. The first-order chi connectivity index (χ1) is 9.19. The molecule has 1 N–H and O–H groups in total. The quantitative estimate of drug-likeness (QED) is 0.778. The highest BCUT2D eigenvalue weighted by molar-refractivity contribution is 5.73. The molecule has 0 amide bonds. The normalized spacial score (nSPS) is 11.6. The van der Waals surface area contributed by atoms with Gasteiger partial charge in [-0.2, -0.15) is 0 Å². The predicted molar refractivity (Wildman–Crippen MR) is 78.2 cm³/mol. The fourth-order valence-corrected chi connectivity index (χ4v) is 2.26. The van der Waals surface area contributed by atoms with Crippen LogP contribution in [0.5, 0.6) is 0 Å². The Morgan fingerprint density at radius 1 is 1.32 bits per heavy atom. The van der Waals surface area contributed by atoms with Crippen molar-refractivity contribution in [3.63, 3.8) is 0 Å². The summed E-state index contributed by atoms with van der Waals surface area (Å²) < 4.78 is 5.57. The van der Waals surface area contributed by atoms with Crippen LogP contribution in [0.3, 0.4) is 0 Å². The number of aryl methyl sites for hydroxylation is 1. The van der Waals surface area contributed by atoms with Gasteiger partial charge < -0.3 is 14.6 Å². The molecule has 0 saturated carbocycles. The van der Waals surface area contributed by atoms with Gasteiger partial charge in [-0.1, -0.05) is 6.07 Å². The summed E-state index contributed by atoms with van der Waals surface area (Å²) in [4.78, 5) is 6.66. The van der Waals surface area contributed by atoms with Gasteiger partial charge >= 0.3 is 0 Å². The SMILES string of the molecule is CNCCCCN(C)Cc1ccc2nc(C)oc2c1. The van der Waals surface area contributed by atoms with Crippen LogP contribution in [-0.2, 0) is 6.54 Å². The molecule has 19 heavy (non-hydrogen) atoms. The highest BCUT2D eigenvalue weighted by Crippen LogP contribution is 2.17. The average Bonchev–Trinajstić information content (AvgIpc) is 2.74. The number of aromatic nitrogens is 1. The van der Waals surface area contributed by atoms with E-state index in [9.17, 15) is 0 Å². The van der Waals surface area contributed by atoms with Gasteiger partial charge in [-0.3, -0.25) is 0 Å². The second kappa shape index (κ2) is 6.68. The summed E-state index contributed by atoms with van der Waals surface area (Å²) in [6.45, 7) is 5.05. The maximum Gasteiger partial charge on any atom is 0.192 e. The molecule has 0 unspecified atom stereocenters. The largest absolute Gasteiger partial charge is 0.441 e. The van der Waals surface area contributed by atoms with E-state index in [-0.39, 0.29) is 0 Å². The van der Waals surface area contributed by atoms with Crippen molar-refractivity contribution in [3.05, 3.63) is 29.7 Å².